The molecule has 0 aliphatic carbocycles. The molecule has 1 fully saturated rings. The van der Waals surface area contributed by atoms with E-state index in [0.29, 0.717) is 18.1 Å². The predicted molar refractivity (Wildman–Crippen MR) is 76.9 cm³/mol. The Morgan fingerprint density at radius 3 is 2.32 bits per heavy atom. The van der Waals surface area contributed by atoms with E-state index in [2.05, 4.69) is 4.90 Å². The van der Waals surface area contributed by atoms with Crippen molar-refractivity contribution < 1.29 is 8.42 Å². The average Bonchev–Trinajstić information content (AvgIpc) is 2.35. The molecule has 6 heteroatoms. The Bertz CT molecular complexity index is 550. The Hall–Kier alpha value is -0.620. The molecule has 1 heterocycles. The van der Waals surface area contributed by atoms with E-state index in [1.54, 1.807) is 22.5 Å². The van der Waals surface area contributed by atoms with Crippen molar-refractivity contribution in [3.05, 3.63) is 29.3 Å². The molecular formula is C13H19ClN2O2S. The minimum Gasteiger partial charge on any atom is -0.298 e. The Labute approximate surface area is 120 Å². The van der Waals surface area contributed by atoms with Gasteiger partial charge in [0.1, 0.15) is 0 Å². The molecule has 106 valence electrons. The van der Waals surface area contributed by atoms with E-state index in [4.69, 9.17) is 11.6 Å². The zero-order valence-corrected chi connectivity index (χ0v) is 12.9. The number of sulfonamides is 1. The molecule has 1 aliphatic rings. The van der Waals surface area contributed by atoms with Gasteiger partial charge in [0.15, 0.2) is 0 Å². The van der Waals surface area contributed by atoms with Gasteiger partial charge in [-0.2, -0.15) is 4.31 Å². The first-order valence-electron chi connectivity index (χ1n) is 6.30. The van der Waals surface area contributed by atoms with E-state index in [1.807, 2.05) is 20.9 Å². The first-order valence-corrected chi connectivity index (χ1v) is 8.12. The topological polar surface area (TPSA) is 40.6 Å². The SMILES string of the molecule is CC1CN(S(=O)(=O)c2cccc(Cl)c2)CC(C)N1C. The molecule has 4 nitrogen and oxygen atoms in total. The Kier molecular flexibility index (Phi) is 4.20. The second-order valence-electron chi connectivity index (χ2n) is 5.14. The van der Waals surface area contributed by atoms with Crippen LogP contribution in [0.25, 0.3) is 0 Å². The maximum atomic E-state index is 12.6. The number of hydrogen-bond acceptors (Lipinski definition) is 3. The zero-order chi connectivity index (χ0) is 14.2. The van der Waals surface area contributed by atoms with Gasteiger partial charge >= 0.3 is 0 Å². The summed E-state index contributed by atoms with van der Waals surface area (Å²) in [6.45, 7) is 5.09. The third-order valence-electron chi connectivity index (χ3n) is 3.76. The van der Waals surface area contributed by atoms with Gasteiger partial charge in [-0.15, -0.1) is 0 Å². The van der Waals surface area contributed by atoms with Crippen LogP contribution in [-0.2, 0) is 10.0 Å². The van der Waals surface area contributed by atoms with Crippen LogP contribution in [0.15, 0.2) is 29.2 Å². The van der Waals surface area contributed by atoms with Crippen molar-refractivity contribution in [2.45, 2.75) is 30.8 Å². The van der Waals surface area contributed by atoms with Crippen molar-refractivity contribution in [3.8, 4) is 0 Å². The van der Waals surface area contributed by atoms with Gasteiger partial charge < -0.3 is 0 Å². The van der Waals surface area contributed by atoms with Crippen LogP contribution < -0.4 is 0 Å². The molecule has 1 aromatic carbocycles. The molecule has 1 saturated heterocycles. The summed E-state index contributed by atoms with van der Waals surface area (Å²) in [5, 5.41) is 0.441. The van der Waals surface area contributed by atoms with Gasteiger partial charge in [-0.1, -0.05) is 17.7 Å². The molecule has 0 bridgehead atoms. The molecule has 0 N–H and O–H groups in total. The molecule has 1 aromatic rings. The highest BCUT2D eigenvalue weighted by atomic mass is 35.5. The maximum absolute atomic E-state index is 12.6. The van der Waals surface area contributed by atoms with Crippen molar-refractivity contribution in [3.63, 3.8) is 0 Å². The van der Waals surface area contributed by atoms with E-state index >= 15 is 0 Å². The van der Waals surface area contributed by atoms with Gasteiger partial charge in [0.05, 0.1) is 4.90 Å². The van der Waals surface area contributed by atoms with Crippen LogP contribution in [0.1, 0.15) is 13.8 Å². The number of hydrogen-bond donors (Lipinski definition) is 0. The lowest BCUT2D eigenvalue weighted by Crippen LogP contribution is -2.56. The van der Waals surface area contributed by atoms with Gasteiger partial charge in [-0.05, 0) is 39.1 Å². The van der Waals surface area contributed by atoms with Crippen molar-refractivity contribution >= 4 is 21.6 Å². The fourth-order valence-electron chi connectivity index (χ4n) is 2.33. The second kappa shape index (κ2) is 5.40. The zero-order valence-electron chi connectivity index (χ0n) is 11.4. The number of likely N-dealkylation sites (N-methyl/N-ethyl adjacent to an activating group) is 1. The van der Waals surface area contributed by atoms with E-state index in [9.17, 15) is 8.42 Å². The number of nitrogens with zero attached hydrogens (tertiary/aromatic N) is 2. The summed E-state index contributed by atoms with van der Waals surface area (Å²) in [4.78, 5) is 2.47. The Morgan fingerprint density at radius 2 is 1.79 bits per heavy atom. The second-order valence-corrected chi connectivity index (χ2v) is 7.52. The van der Waals surface area contributed by atoms with E-state index in [1.165, 1.54) is 6.07 Å². The third-order valence-corrected chi connectivity index (χ3v) is 5.82. The summed E-state index contributed by atoms with van der Waals surface area (Å²) in [6.07, 6.45) is 0. The monoisotopic (exact) mass is 302 g/mol. The van der Waals surface area contributed by atoms with Gasteiger partial charge in [-0.3, -0.25) is 4.90 Å². The highest BCUT2D eigenvalue weighted by Gasteiger charge is 2.34. The predicted octanol–water partition coefficient (Wildman–Crippen LogP) is 2.05. The maximum Gasteiger partial charge on any atom is 0.243 e. The van der Waals surface area contributed by atoms with Gasteiger partial charge in [-0.25, -0.2) is 8.42 Å². The van der Waals surface area contributed by atoms with Crippen molar-refractivity contribution in [2.24, 2.45) is 0 Å². The minimum absolute atomic E-state index is 0.206. The molecule has 2 atom stereocenters. The minimum atomic E-state index is -3.45. The normalized spacial score (nSPS) is 26.5. The molecule has 2 rings (SSSR count). The van der Waals surface area contributed by atoms with Crippen LogP contribution in [0, 0.1) is 0 Å². The summed E-state index contributed by atoms with van der Waals surface area (Å²) in [5.74, 6) is 0. The van der Waals surface area contributed by atoms with E-state index < -0.39 is 10.0 Å². The molecule has 2 unspecified atom stereocenters. The fraction of sp³-hybridized carbons (Fsp3) is 0.538. The quantitative estimate of drug-likeness (QED) is 0.839. The average molecular weight is 303 g/mol. The molecule has 0 radical (unpaired) electrons. The third kappa shape index (κ3) is 2.94. The first kappa shape index (κ1) is 14.8. The van der Waals surface area contributed by atoms with Crippen LogP contribution in [-0.4, -0.2) is 49.8 Å². The molecule has 0 aromatic heterocycles. The van der Waals surface area contributed by atoms with Crippen LogP contribution in [0.5, 0.6) is 0 Å². The molecule has 0 saturated carbocycles. The first-order chi connectivity index (χ1) is 8.82. The van der Waals surface area contributed by atoms with Gasteiger partial charge in [0.2, 0.25) is 10.0 Å². The van der Waals surface area contributed by atoms with Crippen LogP contribution in [0.3, 0.4) is 0 Å². The van der Waals surface area contributed by atoms with E-state index in [-0.39, 0.29) is 17.0 Å². The lowest BCUT2D eigenvalue weighted by atomic mass is 10.1. The molecule has 0 amide bonds. The standard InChI is InChI=1S/C13H19ClN2O2S/c1-10-8-16(9-11(2)15(10)3)19(17,18)13-6-4-5-12(14)7-13/h4-7,10-11H,8-9H2,1-3H3. The largest absolute Gasteiger partial charge is 0.298 e. The highest BCUT2D eigenvalue weighted by molar-refractivity contribution is 7.89. The summed E-state index contributed by atoms with van der Waals surface area (Å²) < 4.78 is 26.7. The van der Waals surface area contributed by atoms with Crippen LogP contribution in [0.2, 0.25) is 5.02 Å². The fourth-order valence-corrected chi connectivity index (χ4v) is 4.23. The summed E-state index contributed by atoms with van der Waals surface area (Å²) in [6, 6.07) is 6.85. The molecule has 1 aliphatic heterocycles. The van der Waals surface area contributed by atoms with Crippen molar-refractivity contribution in [2.75, 3.05) is 20.1 Å². The van der Waals surface area contributed by atoms with Crippen molar-refractivity contribution in [1.82, 2.24) is 9.21 Å². The lowest BCUT2D eigenvalue weighted by molar-refractivity contribution is 0.105. The summed E-state index contributed by atoms with van der Waals surface area (Å²) >= 11 is 5.88. The number of halogens is 1. The molecular weight excluding hydrogens is 284 g/mol. The number of benzene rings is 1. The molecule has 19 heavy (non-hydrogen) atoms. The van der Waals surface area contributed by atoms with Crippen molar-refractivity contribution in [1.29, 1.82) is 0 Å². The lowest BCUT2D eigenvalue weighted by Gasteiger charge is -2.41. The highest BCUT2D eigenvalue weighted by Crippen LogP contribution is 2.23. The van der Waals surface area contributed by atoms with E-state index in [0.717, 1.165) is 0 Å². The van der Waals surface area contributed by atoms with Gasteiger partial charge in [0.25, 0.3) is 0 Å². The number of rotatable bonds is 2. The smallest absolute Gasteiger partial charge is 0.243 e. The Morgan fingerprint density at radius 1 is 1.21 bits per heavy atom. The summed E-state index contributed by atoms with van der Waals surface area (Å²) in [5.41, 5.74) is 0. The summed E-state index contributed by atoms with van der Waals surface area (Å²) in [7, 11) is -1.43. The van der Waals surface area contributed by atoms with Crippen LogP contribution in [0.4, 0.5) is 0 Å². The molecule has 0 spiro atoms. The Balaban J connectivity index is 2.30. The van der Waals surface area contributed by atoms with Gasteiger partial charge in [0, 0.05) is 30.2 Å². The number of piperazine rings is 1. The van der Waals surface area contributed by atoms with Crippen LogP contribution >= 0.6 is 11.6 Å².